The third-order valence-electron chi connectivity index (χ3n) is 7.03. The van der Waals surface area contributed by atoms with E-state index in [-0.39, 0.29) is 29.6 Å². The fraction of sp³-hybridized carbons (Fsp3) is 0.367. The first-order valence-electron chi connectivity index (χ1n) is 12.4. The molecule has 190 valence electrons. The molecule has 3 atom stereocenters. The number of ether oxygens (including phenoxy) is 2. The van der Waals surface area contributed by atoms with Crippen molar-refractivity contribution in [3.63, 3.8) is 0 Å². The molecule has 3 aromatic carbocycles. The van der Waals surface area contributed by atoms with Gasteiger partial charge in [-0.25, -0.2) is 4.39 Å². The molecule has 1 amide bonds. The average Bonchev–Trinajstić information content (AvgIpc) is 2.90. The Balaban J connectivity index is 1.57. The van der Waals surface area contributed by atoms with Gasteiger partial charge in [-0.3, -0.25) is 9.69 Å². The topological polar surface area (TPSA) is 50.8 Å². The van der Waals surface area contributed by atoms with E-state index < -0.39 is 0 Å². The minimum atomic E-state index is -0.208. The highest BCUT2D eigenvalue weighted by Crippen LogP contribution is 2.33. The first-order chi connectivity index (χ1) is 17.4. The van der Waals surface area contributed by atoms with E-state index in [2.05, 4.69) is 10.2 Å². The lowest BCUT2D eigenvalue weighted by Gasteiger charge is -2.38. The van der Waals surface area contributed by atoms with Crippen LogP contribution in [0.1, 0.15) is 47.6 Å². The van der Waals surface area contributed by atoms with Gasteiger partial charge < -0.3 is 14.8 Å². The van der Waals surface area contributed by atoms with E-state index in [9.17, 15) is 9.18 Å². The molecule has 4 rings (SSSR count). The zero-order valence-corrected chi connectivity index (χ0v) is 21.5. The lowest BCUT2D eigenvalue weighted by Crippen LogP contribution is -2.45. The number of hydrogen-bond donors (Lipinski definition) is 1. The average molecular weight is 491 g/mol. The van der Waals surface area contributed by atoms with Gasteiger partial charge in [0.05, 0.1) is 26.2 Å². The summed E-state index contributed by atoms with van der Waals surface area (Å²) in [6.45, 7) is 5.87. The standard InChI is InChI=1S/C30H35FN2O3/c1-20-12-24(10-11-29(20)31)25-15-26(30(34)32-21(2)23-8-6-5-7-9-23)19-33(18-25)17-22-13-27(35-3)16-28(14-22)36-4/h5-14,16,21,25-26H,15,17-19H2,1-4H3,(H,32,34)/t21-,25+,26+/m0/s1. The summed E-state index contributed by atoms with van der Waals surface area (Å²) in [5.74, 6) is 1.24. The van der Waals surface area contributed by atoms with Gasteiger partial charge >= 0.3 is 0 Å². The van der Waals surface area contributed by atoms with Gasteiger partial charge in [-0.05, 0) is 66.6 Å². The molecule has 6 heteroatoms. The quantitative estimate of drug-likeness (QED) is 0.444. The predicted octanol–water partition coefficient (Wildman–Crippen LogP) is 5.63. The zero-order chi connectivity index (χ0) is 25.7. The van der Waals surface area contributed by atoms with Crippen molar-refractivity contribution < 1.29 is 18.7 Å². The molecule has 1 aliphatic rings. The van der Waals surface area contributed by atoms with E-state index in [0.29, 0.717) is 18.7 Å². The van der Waals surface area contributed by atoms with Gasteiger partial charge in [-0.1, -0.05) is 42.5 Å². The number of nitrogens with zero attached hydrogens (tertiary/aromatic N) is 1. The Morgan fingerprint density at radius 2 is 1.72 bits per heavy atom. The Morgan fingerprint density at radius 3 is 2.36 bits per heavy atom. The van der Waals surface area contributed by atoms with Crippen LogP contribution in [0.25, 0.3) is 0 Å². The lowest BCUT2D eigenvalue weighted by molar-refractivity contribution is -0.127. The number of carbonyl (C=O) groups is 1. The summed E-state index contributed by atoms with van der Waals surface area (Å²) in [5, 5.41) is 3.21. The van der Waals surface area contributed by atoms with Crippen LogP contribution >= 0.6 is 0 Å². The number of aryl methyl sites for hydroxylation is 1. The van der Waals surface area contributed by atoms with Gasteiger partial charge in [0, 0.05) is 25.7 Å². The van der Waals surface area contributed by atoms with Crippen LogP contribution in [-0.4, -0.2) is 38.1 Å². The summed E-state index contributed by atoms with van der Waals surface area (Å²) in [5.41, 5.74) is 3.82. The molecular weight excluding hydrogens is 455 g/mol. The minimum absolute atomic E-state index is 0.0445. The Kier molecular flexibility index (Phi) is 8.26. The number of methoxy groups -OCH3 is 2. The minimum Gasteiger partial charge on any atom is -0.497 e. The Labute approximate surface area is 213 Å². The fourth-order valence-electron chi connectivity index (χ4n) is 5.04. The summed E-state index contributed by atoms with van der Waals surface area (Å²) >= 11 is 0. The van der Waals surface area contributed by atoms with Crippen LogP contribution in [-0.2, 0) is 11.3 Å². The van der Waals surface area contributed by atoms with E-state index in [4.69, 9.17) is 9.47 Å². The summed E-state index contributed by atoms with van der Waals surface area (Å²) < 4.78 is 24.9. The molecule has 5 nitrogen and oxygen atoms in total. The van der Waals surface area contributed by atoms with Crippen molar-refractivity contribution in [2.75, 3.05) is 27.3 Å². The Bertz CT molecular complexity index is 1160. The third kappa shape index (κ3) is 6.24. The van der Waals surface area contributed by atoms with Crippen molar-refractivity contribution in [3.8, 4) is 11.5 Å². The number of piperidine rings is 1. The van der Waals surface area contributed by atoms with Gasteiger partial charge in [0.15, 0.2) is 0 Å². The van der Waals surface area contributed by atoms with Gasteiger partial charge in [-0.15, -0.1) is 0 Å². The molecule has 1 fully saturated rings. The number of rotatable bonds is 8. The summed E-state index contributed by atoms with van der Waals surface area (Å²) in [4.78, 5) is 15.7. The van der Waals surface area contributed by atoms with Crippen LogP contribution in [0.15, 0.2) is 66.7 Å². The van der Waals surface area contributed by atoms with Crippen molar-refractivity contribution in [1.82, 2.24) is 10.2 Å². The first kappa shape index (κ1) is 25.7. The van der Waals surface area contributed by atoms with E-state index in [1.807, 2.05) is 67.6 Å². The van der Waals surface area contributed by atoms with E-state index in [1.165, 1.54) is 6.07 Å². The maximum atomic E-state index is 14.0. The molecule has 3 aromatic rings. The molecule has 0 bridgehead atoms. The molecule has 0 aliphatic carbocycles. The van der Waals surface area contributed by atoms with E-state index >= 15 is 0 Å². The van der Waals surface area contributed by atoms with Crippen LogP contribution in [0.5, 0.6) is 11.5 Å². The van der Waals surface area contributed by atoms with Crippen molar-refractivity contribution in [2.45, 2.75) is 38.8 Å². The van der Waals surface area contributed by atoms with Gasteiger partial charge in [-0.2, -0.15) is 0 Å². The van der Waals surface area contributed by atoms with Crippen molar-refractivity contribution in [1.29, 1.82) is 0 Å². The molecule has 0 spiro atoms. The molecule has 0 saturated carbocycles. The Hall–Kier alpha value is -3.38. The largest absolute Gasteiger partial charge is 0.497 e. The molecule has 36 heavy (non-hydrogen) atoms. The number of likely N-dealkylation sites (tertiary alicyclic amines) is 1. The first-order valence-corrected chi connectivity index (χ1v) is 12.4. The number of amides is 1. The van der Waals surface area contributed by atoms with Crippen molar-refractivity contribution >= 4 is 5.91 Å². The monoisotopic (exact) mass is 490 g/mol. The van der Waals surface area contributed by atoms with Crippen LogP contribution in [0.2, 0.25) is 0 Å². The molecule has 0 aromatic heterocycles. The predicted molar refractivity (Wildman–Crippen MR) is 140 cm³/mol. The number of nitrogens with one attached hydrogen (secondary N) is 1. The second-order valence-electron chi connectivity index (χ2n) is 9.69. The molecule has 1 saturated heterocycles. The van der Waals surface area contributed by atoms with E-state index in [0.717, 1.165) is 41.2 Å². The molecule has 1 N–H and O–H groups in total. The fourth-order valence-corrected chi connectivity index (χ4v) is 5.04. The van der Waals surface area contributed by atoms with Gasteiger partial charge in [0.2, 0.25) is 5.91 Å². The smallest absolute Gasteiger partial charge is 0.224 e. The highest BCUT2D eigenvalue weighted by molar-refractivity contribution is 5.79. The normalized spacial score (nSPS) is 18.9. The molecule has 1 heterocycles. The molecule has 1 aliphatic heterocycles. The second-order valence-corrected chi connectivity index (χ2v) is 9.69. The van der Waals surface area contributed by atoms with Crippen LogP contribution in [0, 0.1) is 18.7 Å². The number of hydrogen-bond acceptors (Lipinski definition) is 4. The number of benzene rings is 3. The summed E-state index contributed by atoms with van der Waals surface area (Å²) in [6.07, 6.45) is 0.719. The van der Waals surface area contributed by atoms with Crippen molar-refractivity contribution in [3.05, 3.63) is 94.8 Å². The zero-order valence-electron chi connectivity index (χ0n) is 21.5. The van der Waals surface area contributed by atoms with Crippen LogP contribution in [0.4, 0.5) is 4.39 Å². The third-order valence-corrected chi connectivity index (χ3v) is 7.03. The lowest BCUT2D eigenvalue weighted by atomic mass is 9.83. The van der Waals surface area contributed by atoms with Crippen molar-refractivity contribution in [2.24, 2.45) is 5.92 Å². The molecule has 0 unspecified atom stereocenters. The highest BCUT2D eigenvalue weighted by Gasteiger charge is 2.33. The maximum Gasteiger partial charge on any atom is 0.224 e. The van der Waals surface area contributed by atoms with Gasteiger partial charge in [0.25, 0.3) is 0 Å². The summed E-state index contributed by atoms with van der Waals surface area (Å²) in [7, 11) is 3.28. The van der Waals surface area contributed by atoms with Crippen LogP contribution < -0.4 is 14.8 Å². The Morgan fingerprint density at radius 1 is 1.03 bits per heavy atom. The summed E-state index contributed by atoms with van der Waals surface area (Å²) in [6, 6.07) is 21.1. The molecule has 0 radical (unpaired) electrons. The van der Waals surface area contributed by atoms with E-state index in [1.54, 1.807) is 21.1 Å². The second kappa shape index (κ2) is 11.6. The van der Waals surface area contributed by atoms with Crippen LogP contribution in [0.3, 0.4) is 0 Å². The highest BCUT2D eigenvalue weighted by atomic mass is 19.1. The SMILES string of the molecule is COc1cc(CN2C[C@H](C(=O)N[C@@H](C)c3ccccc3)C[C@@H](c3ccc(F)c(C)c3)C2)cc(OC)c1. The number of carbonyl (C=O) groups excluding carboxylic acids is 1. The maximum absolute atomic E-state index is 14.0. The van der Waals surface area contributed by atoms with Gasteiger partial charge in [0.1, 0.15) is 17.3 Å². The molecular formula is C30H35FN2O3. The number of halogens is 1.